The van der Waals surface area contributed by atoms with E-state index in [2.05, 4.69) is 11.7 Å². The van der Waals surface area contributed by atoms with Crippen LogP contribution >= 0.6 is 0 Å². The smallest absolute Gasteiger partial charge is 0.292 e. The van der Waals surface area contributed by atoms with Crippen LogP contribution in [0.15, 0.2) is 37.0 Å². The molecule has 1 aromatic carbocycles. The summed E-state index contributed by atoms with van der Waals surface area (Å²) >= 11 is 0. The van der Waals surface area contributed by atoms with Gasteiger partial charge in [0.15, 0.2) is 0 Å². The Hall–Kier alpha value is -2.94. The van der Waals surface area contributed by atoms with Crippen molar-refractivity contribution in [2.75, 3.05) is 0 Å². The van der Waals surface area contributed by atoms with E-state index in [9.17, 15) is 0 Å². The Bertz CT molecular complexity index is 628. The molecule has 96 valence electrons. The molecule has 0 spiro atoms. The van der Waals surface area contributed by atoms with E-state index in [1.165, 1.54) is 12.3 Å². The van der Waals surface area contributed by atoms with Gasteiger partial charge in [-0.15, -0.1) is 10.1 Å². The van der Waals surface area contributed by atoms with Gasteiger partial charge in [-0.25, -0.2) is 0 Å². The number of hydrogen-bond acceptors (Lipinski definition) is 5. The molecule has 0 aliphatic carbocycles. The zero-order valence-electron chi connectivity index (χ0n) is 9.98. The summed E-state index contributed by atoms with van der Waals surface area (Å²) in [5.41, 5.74) is 1.49. The Balaban J connectivity index is 2.22. The van der Waals surface area contributed by atoms with Crippen LogP contribution in [-0.4, -0.2) is 15.2 Å². The summed E-state index contributed by atoms with van der Waals surface area (Å²) in [5.74, 6) is 0.674. The highest BCUT2D eigenvalue weighted by Gasteiger charge is 2.10. The summed E-state index contributed by atoms with van der Waals surface area (Å²) in [6.45, 7) is 3.85. The fourth-order valence-corrected chi connectivity index (χ4v) is 1.59. The number of hydrogen-bond donors (Lipinski definition) is 1. The fraction of sp³-hybridized carbons (Fsp3) is 0.0769. The molecule has 0 aliphatic heterocycles. The molecule has 6 heteroatoms. The molecule has 0 aliphatic rings. The van der Waals surface area contributed by atoms with Gasteiger partial charge in [-0.05, 0) is 11.6 Å². The van der Waals surface area contributed by atoms with Crippen LogP contribution in [0.3, 0.4) is 0 Å². The van der Waals surface area contributed by atoms with Crippen molar-refractivity contribution in [1.29, 1.82) is 5.26 Å². The van der Waals surface area contributed by atoms with Crippen molar-refractivity contribution in [2.45, 2.75) is 6.61 Å². The molecule has 0 amide bonds. The molecule has 19 heavy (non-hydrogen) atoms. The molecule has 0 saturated carbocycles. The van der Waals surface area contributed by atoms with Gasteiger partial charge >= 0.3 is 0 Å². The average molecular weight is 257 g/mol. The number of rotatable bonds is 5. The second kappa shape index (κ2) is 5.60. The minimum atomic E-state index is 0.149. The third kappa shape index (κ3) is 2.84. The van der Waals surface area contributed by atoms with E-state index in [1.54, 1.807) is 24.5 Å². The van der Waals surface area contributed by atoms with Gasteiger partial charge in [0.2, 0.25) is 5.88 Å². The highest BCUT2D eigenvalue weighted by molar-refractivity contribution is 5.56. The largest absolute Gasteiger partial charge is 0.471 e. The number of nitriles is 1. The van der Waals surface area contributed by atoms with Gasteiger partial charge in [0.1, 0.15) is 12.4 Å². The molecule has 6 nitrogen and oxygen atoms in total. The lowest BCUT2D eigenvalue weighted by Gasteiger charge is -2.10. The van der Waals surface area contributed by atoms with E-state index in [1.807, 2.05) is 6.07 Å². The molecule has 1 heterocycles. The van der Waals surface area contributed by atoms with Gasteiger partial charge in [0, 0.05) is 11.6 Å². The second-order valence-corrected chi connectivity index (χ2v) is 3.58. The van der Waals surface area contributed by atoms with Crippen LogP contribution in [0.5, 0.6) is 11.6 Å². The van der Waals surface area contributed by atoms with Crippen LogP contribution in [0.2, 0.25) is 0 Å². The maximum absolute atomic E-state index is 9.03. The Morgan fingerprint density at radius 3 is 2.95 bits per heavy atom. The minimum absolute atomic E-state index is 0.149. The van der Waals surface area contributed by atoms with E-state index in [0.717, 1.165) is 5.56 Å². The minimum Gasteiger partial charge on any atom is -0.471 e. The molecule has 0 radical (unpaired) electrons. The lowest BCUT2D eigenvalue weighted by atomic mass is 10.1. The molecule has 1 N–H and O–H groups in total. The zero-order valence-corrected chi connectivity index (χ0v) is 9.98. The Kier molecular flexibility index (Phi) is 3.69. The summed E-state index contributed by atoms with van der Waals surface area (Å²) < 4.78 is 10.3. The lowest BCUT2D eigenvalue weighted by Crippen LogP contribution is -2.02. The van der Waals surface area contributed by atoms with Crippen LogP contribution in [0.4, 0.5) is 0 Å². The average Bonchev–Trinajstić information content (AvgIpc) is 2.83. The SMILES string of the molecule is C=Cc1cccc(OC#N)c1COc1ccn(O)n1. The van der Waals surface area contributed by atoms with Gasteiger partial charge in [-0.1, -0.05) is 29.9 Å². The van der Waals surface area contributed by atoms with Crippen LogP contribution in [0, 0.1) is 11.5 Å². The van der Waals surface area contributed by atoms with Crippen molar-refractivity contribution in [3.63, 3.8) is 0 Å². The Labute approximate surface area is 109 Å². The highest BCUT2D eigenvalue weighted by atomic mass is 16.5. The van der Waals surface area contributed by atoms with Crippen molar-refractivity contribution < 1.29 is 14.7 Å². The van der Waals surface area contributed by atoms with E-state index in [4.69, 9.17) is 19.9 Å². The van der Waals surface area contributed by atoms with E-state index >= 15 is 0 Å². The van der Waals surface area contributed by atoms with Gasteiger partial charge in [-0.2, -0.15) is 0 Å². The van der Waals surface area contributed by atoms with E-state index < -0.39 is 0 Å². The fourth-order valence-electron chi connectivity index (χ4n) is 1.59. The van der Waals surface area contributed by atoms with Crippen molar-refractivity contribution in [3.05, 3.63) is 48.2 Å². The van der Waals surface area contributed by atoms with E-state index in [0.29, 0.717) is 16.2 Å². The molecule has 0 bridgehead atoms. The number of aromatic nitrogens is 2. The summed E-state index contributed by atoms with van der Waals surface area (Å²) in [7, 11) is 0. The first kappa shape index (κ1) is 12.5. The summed E-state index contributed by atoms with van der Waals surface area (Å²) in [6.07, 6.45) is 4.62. The molecule has 0 unspecified atom stereocenters. The Morgan fingerprint density at radius 1 is 1.47 bits per heavy atom. The zero-order chi connectivity index (χ0) is 13.7. The summed E-state index contributed by atoms with van der Waals surface area (Å²) in [4.78, 5) is 0.654. The first-order valence-electron chi connectivity index (χ1n) is 5.42. The third-order valence-corrected chi connectivity index (χ3v) is 2.46. The predicted molar refractivity (Wildman–Crippen MR) is 66.5 cm³/mol. The van der Waals surface area contributed by atoms with Crippen molar-refractivity contribution in [1.82, 2.24) is 9.94 Å². The molecule has 2 aromatic rings. The first-order valence-corrected chi connectivity index (χ1v) is 5.42. The standard InChI is InChI=1S/C13H11N3O3/c1-2-10-4-3-5-12(19-9-14)11(10)8-18-13-6-7-16(17)15-13/h2-7,17H,1,8H2. The number of nitrogens with zero attached hydrogens (tertiary/aromatic N) is 3. The Morgan fingerprint density at radius 2 is 2.32 bits per heavy atom. The summed E-state index contributed by atoms with van der Waals surface area (Å²) in [5, 5.41) is 21.3. The van der Waals surface area contributed by atoms with Crippen molar-refractivity contribution in [2.24, 2.45) is 0 Å². The molecule has 1 aromatic heterocycles. The van der Waals surface area contributed by atoms with Crippen LogP contribution < -0.4 is 9.47 Å². The first-order chi connectivity index (χ1) is 9.24. The van der Waals surface area contributed by atoms with Crippen LogP contribution in [0.25, 0.3) is 6.08 Å². The van der Waals surface area contributed by atoms with Crippen molar-refractivity contribution >= 4 is 6.08 Å². The molecule has 0 atom stereocenters. The van der Waals surface area contributed by atoms with E-state index in [-0.39, 0.29) is 12.5 Å². The molecular formula is C13H11N3O3. The van der Waals surface area contributed by atoms with Gasteiger partial charge in [-0.3, -0.25) is 0 Å². The van der Waals surface area contributed by atoms with Gasteiger partial charge in [0.25, 0.3) is 6.26 Å². The van der Waals surface area contributed by atoms with Crippen LogP contribution in [0.1, 0.15) is 11.1 Å². The van der Waals surface area contributed by atoms with Gasteiger partial charge in [0.05, 0.1) is 6.20 Å². The third-order valence-electron chi connectivity index (χ3n) is 2.46. The molecule has 0 saturated heterocycles. The molecular weight excluding hydrogens is 246 g/mol. The topological polar surface area (TPSA) is 80.3 Å². The number of benzene rings is 1. The summed E-state index contributed by atoms with van der Waals surface area (Å²) in [6, 6.07) is 6.77. The highest BCUT2D eigenvalue weighted by Crippen LogP contribution is 2.24. The maximum Gasteiger partial charge on any atom is 0.292 e. The maximum atomic E-state index is 9.03. The van der Waals surface area contributed by atoms with Gasteiger partial charge < -0.3 is 14.7 Å². The molecule has 0 fully saturated rings. The molecule has 2 rings (SSSR count). The lowest BCUT2D eigenvalue weighted by molar-refractivity contribution is 0.141. The van der Waals surface area contributed by atoms with Crippen molar-refractivity contribution in [3.8, 4) is 17.9 Å². The number of ether oxygens (including phenoxy) is 2. The normalized spacial score (nSPS) is 9.63. The second-order valence-electron chi connectivity index (χ2n) is 3.58. The monoisotopic (exact) mass is 257 g/mol. The quantitative estimate of drug-likeness (QED) is 0.656. The predicted octanol–water partition coefficient (Wildman–Crippen LogP) is 2.20. The van der Waals surface area contributed by atoms with Crippen LogP contribution in [-0.2, 0) is 6.61 Å².